The highest BCUT2D eigenvalue weighted by Gasteiger charge is 2.37. The highest BCUT2D eigenvalue weighted by Crippen LogP contribution is 2.45. The Morgan fingerprint density at radius 3 is 2.85 bits per heavy atom. The summed E-state index contributed by atoms with van der Waals surface area (Å²) in [5.41, 5.74) is 2.90. The van der Waals surface area contributed by atoms with Gasteiger partial charge < -0.3 is 10.2 Å². The highest BCUT2D eigenvalue weighted by atomic mass is 16.3. The molecule has 0 saturated heterocycles. The molecule has 1 saturated carbocycles. The molecule has 0 radical (unpaired) electrons. The van der Waals surface area contributed by atoms with Crippen molar-refractivity contribution in [3.05, 3.63) is 29.3 Å². The molecule has 0 spiro atoms. The Morgan fingerprint density at radius 2 is 2.10 bits per heavy atom. The Balaban J connectivity index is 1.70. The van der Waals surface area contributed by atoms with Gasteiger partial charge in [0.25, 0.3) is 0 Å². The van der Waals surface area contributed by atoms with Gasteiger partial charge in [-0.1, -0.05) is 19.4 Å². The van der Waals surface area contributed by atoms with E-state index in [1.54, 1.807) is 0 Å². The Labute approximate surface area is 121 Å². The van der Waals surface area contributed by atoms with Crippen molar-refractivity contribution >= 4 is 0 Å². The van der Waals surface area contributed by atoms with E-state index in [1.807, 2.05) is 12.1 Å². The minimum Gasteiger partial charge on any atom is -0.508 e. The zero-order chi connectivity index (χ0) is 14.2. The largest absolute Gasteiger partial charge is 0.508 e. The van der Waals surface area contributed by atoms with Crippen LogP contribution in [0.2, 0.25) is 0 Å². The van der Waals surface area contributed by atoms with Crippen molar-refractivity contribution in [2.75, 3.05) is 0 Å². The number of aliphatic hydroxyl groups excluding tert-OH is 1. The number of benzene rings is 1. The number of phenols is 1. The van der Waals surface area contributed by atoms with E-state index in [0.717, 1.165) is 19.3 Å². The molecule has 0 amide bonds. The minimum absolute atomic E-state index is 0.106. The van der Waals surface area contributed by atoms with Gasteiger partial charge in [-0.3, -0.25) is 0 Å². The number of hydrogen-bond donors (Lipinski definition) is 2. The van der Waals surface area contributed by atoms with Crippen molar-refractivity contribution in [1.29, 1.82) is 0 Å². The molecule has 2 aliphatic rings. The van der Waals surface area contributed by atoms with E-state index in [4.69, 9.17) is 0 Å². The summed E-state index contributed by atoms with van der Waals surface area (Å²) in [4.78, 5) is 0. The van der Waals surface area contributed by atoms with Crippen LogP contribution in [0.1, 0.15) is 68.9 Å². The van der Waals surface area contributed by atoms with Gasteiger partial charge in [0.15, 0.2) is 0 Å². The van der Waals surface area contributed by atoms with Crippen molar-refractivity contribution in [2.45, 2.75) is 70.3 Å². The second-order valence-electron chi connectivity index (χ2n) is 7.07. The van der Waals surface area contributed by atoms with Crippen molar-refractivity contribution in [2.24, 2.45) is 5.41 Å². The first-order chi connectivity index (χ1) is 9.58. The topological polar surface area (TPSA) is 40.5 Å². The SMILES string of the molecule is CC1(CCC2CCCc3cc(O)ccc32)CCCC1O. The first kappa shape index (κ1) is 13.9. The summed E-state index contributed by atoms with van der Waals surface area (Å²) in [5, 5.41) is 19.8. The molecule has 0 heterocycles. The first-order valence-corrected chi connectivity index (χ1v) is 8.08. The fraction of sp³-hybridized carbons (Fsp3) is 0.667. The number of aliphatic hydroxyl groups is 1. The average Bonchev–Trinajstić information content (AvgIpc) is 2.76. The number of phenolic OH excluding ortho intramolecular Hbond substituents is 1. The predicted molar refractivity (Wildman–Crippen MR) is 81.0 cm³/mol. The molecule has 1 aromatic rings. The molecule has 2 aliphatic carbocycles. The van der Waals surface area contributed by atoms with Crippen LogP contribution in [0.15, 0.2) is 18.2 Å². The number of fused-ring (bicyclic) bond motifs is 1. The summed E-state index contributed by atoms with van der Waals surface area (Å²) in [7, 11) is 0. The fourth-order valence-corrected chi connectivity index (χ4v) is 4.21. The van der Waals surface area contributed by atoms with E-state index in [1.165, 1.54) is 43.2 Å². The minimum atomic E-state index is -0.106. The average molecular weight is 274 g/mol. The van der Waals surface area contributed by atoms with Crippen molar-refractivity contribution in [3.8, 4) is 5.75 Å². The fourth-order valence-electron chi connectivity index (χ4n) is 4.21. The molecule has 3 rings (SSSR count). The van der Waals surface area contributed by atoms with Gasteiger partial charge in [0.05, 0.1) is 6.10 Å². The lowest BCUT2D eigenvalue weighted by atomic mass is 9.74. The second-order valence-corrected chi connectivity index (χ2v) is 7.07. The standard InChI is InChI=1S/C18H26O2/c1-18(10-3-6-17(18)20)11-9-13-4-2-5-14-12-15(19)7-8-16(13)14/h7-8,12-13,17,19-20H,2-6,9-11H2,1H3. The van der Waals surface area contributed by atoms with Crippen molar-refractivity contribution in [3.63, 3.8) is 0 Å². The summed E-state index contributed by atoms with van der Waals surface area (Å²) in [5.74, 6) is 1.01. The number of hydrogen-bond acceptors (Lipinski definition) is 2. The van der Waals surface area contributed by atoms with Crippen LogP contribution in [0.25, 0.3) is 0 Å². The third-order valence-corrected chi connectivity index (χ3v) is 5.66. The Morgan fingerprint density at radius 1 is 1.25 bits per heavy atom. The summed E-state index contributed by atoms with van der Waals surface area (Å²) in [6.07, 6.45) is 9.09. The molecule has 2 nitrogen and oxygen atoms in total. The van der Waals surface area contributed by atoms with Gasteiger partial charge in [-0.05, 0) is 79.5 Å². The maximum absolute atomic E-state index is 10.2. The summed E-state index contributed by atoms with van der Waals surface area (Å²) >= 11 is 0. The van der Waals surface area contributed by atoms with E-state index in [9.17, 15) is 10.2 Å². The zero-order valence-electron chi connectivity index (χ0n) is 12.4. The van der Waals surface area contributed by atoms with Gasteiger partial charge in [-0.15, -0.1) is 0 Å². The Kier molecular flexibility index (Phi) is 3.76. The van der Waals surface area contributed by atoms with Crippen LogP contribution in [-0.2, 0) is 6.42 Å². The van der Waals surface area contributed by atoms with E-state index < -0.39 is 0 Å². The van der Waals surface area contributed by atoms with Gasteiger partial charge in [-0.25, -0.2) is 0 Å². The second kappa shape index (κ2) is 5.40. The van der Waals surface area contributed by atoms with Crippen LogP contribution >= 0.6 is 0 Å². The van der Waals surface area contributed by atoms with Crippen LogP contribution in [0, 0.1) is 5.41 Å². The molecule has 2 N–H and O–H groups in total. The molecule has 20 heavy (non-hydrogen) atoms. The molecule has 0 aliphatic heterocycles. The molecule has 3 unspecified atom stereocenters. The molecule has 3 atom stereocenters. The molecule has 0 aromatic heterocycles. The van der Waals surface area contributed by atoms with E-state index in [0.29, 0.717) is 11.7 Å². The van der Waals surface area contributed by atoms with Crippen LogP contribution in [0.5, 0.6) is 5.75 Å². The van der Waals surface area contributed by atoms with Crippen LogP contribution in [0.4, 0.5) is 0 Å². The third-order valence-electron chi connectivity index (χ3n) is 5.66. The lowest BCUT2D eigenvalue weighted by molar-refractivity contribution is 0.0563. The number of aryl methyl sites for hydroxylation is 1. The van der Waals surface area contributed by atoms with Crippen molar-refractivity contribution < 1.29 is 10.2 Å². The Bertz CT molecular complexity index is 482. The van der Waals surface area contributed by atoms with E-state index in [-0.39, 0.29) is 11.5 Å². The van der Waals surface area contributed by atoms with E-state index >= 15 is 0 Å². The summed E-state index contributed by atoms with van der Waals surface area (Å²) in [6, 6.07) is 5.87. The molecule has 110 valence electrons. The zero-order valence-corrected chi connectivity index (χ0v) is 12.4. The summed E-state index contributed by atoms with van der Waals surface area (Å²) < 4.78 is 0. The lowest BCUT2D eigenvalue weighted by Gasteiger charge is -2.32. The van der Waals surface area contributed by atoms with Gasteiger partial charge >= 0.3 is 0 Å². The van der Waals surface area contributed by atoms with Gasteiger partial charge in [0.1, 0.15) is 5.75 Å². The highest BCUT2D eigenvalue weighted by molar-refractivity contribution is 5.38. The molecule has 0 bridgehead atoms. The van der Waals surface area contributed by atoms with E-state index in [2.05, 4.69) is 13.0 Å². The predicted octanol–water partition coefficient (Wildman–Crippen LogP) is 4.14. The third kappa shape index (κ3) is 2.58. The Hall–Kier alpha value is -1.02. The molecule has 1 aromatic carbocycles. The maximum Gasteiger partial charge on any atom is 0.115 e. The molecular weight excluding hydrogens is 248 g/mol. The smallest absolute Gasteiger partial charge is 0.115 e. The van der Waals surface area contributed by atoms with Crippen LogP contribution in [-0.4, -0.2) is 16.3 Å². The summed E-state index contributed by atoms with van der Waals surface area (Å²) in [6.45, 7) is 2.26. The van der Waals surface area contributed by atoms with Crippen LogP contribution in [0.3, 0.4) is 0 Å². The lowest BCUT2D eigenvalue weighted by Crippen LogP contribution is -2.27. The number of rotatable bonds is 3. The van der Waals surface area contributed by atoms with Crippen LogP contribution < -0.4 is 0 Å². The maximum atomic E-state index is 10.2. The molecule has 1 fully saturated rings. The quantitative estimate of drug-likeness (QED) is 0.869. The van der Waals surface area contributed by atoms with Gasteiger partial charge in [-0.2, -0.15) is 0 Å². The van der Waals surface area contributed by atoms with Crippen molar-refractivity contribution in [1.82, 2.24) is 0 Å². The monoisotopic (exact) mass is 274 g/mol. The number of aromatic hydroxyl groups is 1. The molecule has 2 heteroatoms. The van der Waals surface area contributed by atoms with Gasteiger partial charge in [0, 0.05) is 0 Å². The molecular formula is C18H26O2. The van der Waals surface area contributed by atoms with Gasteiger partial charge in [0.2, 0.25) is 0 Å². The first-order valence-electron chi connectivity index (χ1n) is 8.08. The normalized spacial score (nSPS) is 33.1.